The minimum Gasteiger partial charge on any atom is -0.462 e. The molecule has 30 heavy (non-hydrogen) atoms. The highest BCUT2D eigenvalue weighted by atomic mass is 16.5. The highest BCUT2D eigenvalue weighted by Gasteiger charge is 2.17. The number of nitrogens with zero attached hydrogens (tertiary/aromatic N) is 3. The minimum absolute atomic E-state index is 0.116. The fraction of sp³-hybridized carbons (Fsp3) is 0.190. The van der Waals surface area contributed by atoms with Crippen molar-refractivity contribution in [3.63, 3.8) is 0 Å². The fourth-order valence-electron chi connectivity index (χ4n) is 2.75. The first-order valence-electron chi connectivity index (χ1n) is 9.35. The molecule has 9 nitrogen and oxygen atoms in total. The summed E-state index contributed by atoms with van der Waals surface area (Å²) in [4.78, 5) is 28.7. The number of hydrogen-bond acceptors (Lipinski definition) is 8. The first-order chi connectivity index (χ1) is 14.5. The van der Waals surface area contributed by atoms with Gasteiger partial charge in [0.1, 0.15) is 5.82 Å². The molecule has 2 aromatic heterocycles. The Kier molecular flexibility index (Phi) is 6.53. The van der Waals surface area contributed by atoms with E-state index in [-0.39, 0.29) is 12.3 Å². The van der Waals surface area contributed by atoms with Crippen LogP contribution in [0.5, 0.6) is 0 Å². The first kappa shape index (κ1) is 20.7. The zero-order valence-electron chi connectivity index (χ0n) is 16.9. The summed E-state index contributed by atoms with van der Waals surface area (Å²) in [5.41, 5.74) is 2.31. The summed E-state index contributed by atoms with van der Waals surface area (Å²) in [6.45, 7) is 3.84. The van der Waals surface area contributed by atoms with Crippen LogP contribution in [0.15, 0.2) is 48.7 Å². The molecule has 2 heterocycles. The smallest absolute Gasteiger partial charge is 0.338 e. The molecule has 1 amide bonds. The van der Waals surface area contributed by atoms with Gasteiger partial charge in [0.2, 0.25) is 0 Å². The largest absolute Gasteiger partial charge is 0.462 e. The Morgan fingerprint density at radius 1 is 1.00 bits per heavy atom. The molecular formula is C21H22N6O3. The van der Waals surface area contributed by atoms with Crippen LogP contribution in [0.4, 0.5) is 23.0 Å². The monoisotopic (exact) mass is 406 g/mol. The Labute approximate surface area is 173 Å². The lowest BCUT2D eigenvalue weighted by atomic mass is 10.1. The van der Waals surface area contributed by atoms with Crippen molar-refractivity contribution in [2.45, 2.75) is 13.8 Å². The maximum absolute atomic E-state index is 12.3. The van der Waals surface area contributed by atoms with Crippen LogP contribution in [0.25, 0.3) is 0 Å². The molecule has 0 atom stereocenters. The number of aromatic nitrogens is 3. The van der Waals surface area contributed by atoms with Gasteiger partial charge >= 0.3 is 5.97 Å². The highest BCUT2D eigenvalue weighted by Crippen LogP contribution is 2.27. The highest BCUT2D eigenvalue weighted by molar-refractivity contribution is 5.99. The van der Waals surface area contributed by atoms with Gasteiger partial charge in [-0.3, -0.25) is 4.79 Å². The molecule has 0 spiro atoms. The number of ether oxygens (including phenoxy) is 1. The minimum atomic E-state index is -0.407. The van der Waals surface area contributed by atoms with E-state index >= 15 is 0 Å². The topological polar surface area (TPSA) is 118 Å². The van der Waals surface area contributed by atoms with Crippen molar-refractivity contribution in [2.24, 2.45) is 0 Å². The molecule has 3 N–H and O–H groups in total. The second-order valence-corrected chi connectivity index (χ2v) is 6.23. The molecule has 0 aliphatic heterocycles. The number of pyridine rings is 1. The average Bonchev–Trinajstić information content (AvgIpc) is 2.76. The maximum atomic E-state index is 12.3. The average molecular weight is 406 g/mol. The van der Waals surface area contributed by atoms with Gasteiger partial charge in [-0.25, -0.2) is 9.78 Å². The molecule has 3 aromatic rings. The molecule has 9 heteroatoms. The van der Waals surface area contributed by atoms with Crippen molar-refractivity contribution in [2.75, 3.05) is 24.3 Å². The van der Waals surface area contributed by atoms with Gasteiger partial charge < -0.3 is 20.7 Å². The van der Waals surface area contributed by atoms with Crippen LogP contribution in [0.1, 0.15) is 33.3 Å². The summed E-state index contributed by atoms with van der Waals surface area (Å²) in [6.07, 6.45) is 1.65. The number of nitrogens with one attached hydrogen (secondary N) is 3. The van der Waals surface area contributed by atoms with Gasteiger partial charge in [-0.1, -0.05) is 12.1 Å². The third-order valence-corrected chi connectivity index (χ3v) is 4.26. The lowest BCUT2D eigenvalue weighted by molar-refractivity contribution is 0.0525. The number of anilines is 4. The lowest BCUT2D eigenvalue weighted by Gasteiger charge is -2.15. The second-order valence-electron chi connectivity index (χ2n) is 6.23. The van der Waals surface area contributed by atoms with Crippen LogP contribution in [-0.2, 0) is 4.74 Å². The summed E-state index contributed by atoms with van der Waals surface area (Å²) >= 11 is 0. The first-order valence-corrected chi connectivity index (χ1v) is 9.35. The van der Waals surface area contributed by atoms with E-state index in [1.54, 1.807) is 56.4 Å². The maximum Gasteiger partial charge on any atom is 0.338 e. The van der Waals surface area contributed by atoms with Crippen LogP contribution in [0.3, 0.4) is 0 Å². The molecular weight excluding hydrogens is 384 g/mol. The Morgan fingerprint density at radius 2 is 1.83 bits per heavy atom. The van der Waals surface area contributed by atoms with Crippen molar-refractivity contribution in [1.29, 1.82) is 0 Å². The molecule has 0 radical (unpaired) electrons. The van der Waals surface area contributed by atoms with Gasteiger partial charge in [0.15, 0.2) is 11.5 Å². The number of benzene rings is 1. The van der Waals surface area contributed by atoms with Crippen molar-refractivity contribution in [1.82, 2.24) is 20.5 Å². The van der Waals surface area contributed by atoms with Gasteiger partial charge in [-0.2, -0.15) is 0 Å². The summed E-state index contributed by atoms with van der Waals surface area (Å²) in [7, 11) is 1.51. The third-order valence-electron chi connectivity index (χ3n) is 4.26. The quantitative estimate of drug-likeness (QED) is 0.512. The zero-order valence-corrected chi connectivity index (χ0v) is 16.9. The van der Waals surface area contributed by atoms with Gasteiger partial charge in [-0.15, -0.1) is 10.2 Å². The molecule has 0 saturated heterocycles. The second kappa shape index (κ2) is 9.46. The number of carbonyl (C=O) groups excluding carboxylic acids is 2. The standard InChI is InChI=1S/C21H22N6O3/c1-4-30-21(29)14-8-7-9-15(13(14)2)24-16-12-18(25-17-10-5-6-11-23-17)26-27-19(16)20(28)22-3/h5-12H,4H2,1-3H3,(H,22,28)(H2,23,24,25,26). The van der Waals surface area contributed by atoms with Crippen molar-refractivity contribution in [3.8, 4) is 0 Å². The van der Waals surface area contributed by atoms with E-state index in [1.165, 1.54) is 7.05 Å². The predicted octanol–water partition coefficient (Wildman–Crippen LogP) is 3.20. The van der Waals surface area contributed by atoms with E-state index in [4.69, 9.17) is 4.74 Å². The van der Waals surface area contributed by atoms with Gasteiger partial charge in [0.25, 0.3) is 5.91 Å². The van der Waals surface area contributed by atoms with Crippen LogP contribution in [-0.4, -0.2) is 40.7 Å². The normalized spacial score (nSPS) is 10.2. The van der Waals surface area contributed by atoms with E-state index in [0.29, 0.717) is 34.1 Å². The van der Waals surface area contributed by atoms with Gasteiger partial charge in [0.05, 0.1) is 17.9 Å². The molecule has 1 aromatic carbocycles. The van der Waals surface area contributed by atoms with E-state index in [0.717, 1.165) is 0 Å². The van der Waals surface area contributed by atoms with E-state index in [2.05, 4.69) is 31.1 Å². The molecule has 0 aliphatic rings. The van der Waals surface area contributed by atoms with Crippen molar-refractivity contribution in [3.05, 3.63) is 65.5 Å². The summed E-state index contributed by atoms with van der Waals surface area (Å²) in [5.74, 6) is 0.193. The van der Waals surface area contributed by atoms with Crippen LogP contribution in [0, 0.1) is 6.92 Å². The Hall–Kier alpha value is -4.01. The number of carbonyl (C=O) groups is 2. The summed E-state index contributed by atoms with van der Waals surface area (Å²) in [6, 6.07) is 12.3. The summed E-state index contributed by atoms with van der Waals surface area (Å²) in [5, 5.41) is 16.9. The Bertz CT molecular complexity index is 1060. The van der Waals surface area contributed by atoms with E-state index < -0.39 is 11.9 Å². The van der Waals surface area contributed by atoms with Crippen LogP contribution < -0.4 is 16.0 Å². The van der Waals surface area contributed by atoms with Crippen molar-refractivity contribution >= 4 is 34.9 Å². The van der Waals surface area contributed by atoms with Gasteiger partial charge in [0, 0.05) is 25.0 Å². The van der Waals surface area contributed by atoms with E-state index in [1.807, 2.05) is 6.07 Å². The zero-order chi connectivity index (χ0) is 21.5. The third kappa shape index (κ3) is 4.69. The number of amides is 1. The number of esters is 1. The number of hydrogen-bond donors (Lipinski definition) is 3. The molecule has 0 fully saturated rings. The number of rotatable bonds is 7. The van der Waals surface area contributed by atoms with Gasteiger partial charge in [-0.05, 0) is 43.7 Å². The molecule has 154 valence electrons. The molecule has 0 aliphatic carbocycles. The summed E-state index contributed by atoms with van der Waals surface area (Å²) < 4.78 is 5.11. The molecule has 0 saturated carbocycles. The molecule has 0 bridgehead atoms. The van der Waals surface area contributed by atoms with E-state index in [9.17, 15) is 9.59 Å². The van der Waals surface area contributed by atoms with Crippen molar-refractivity contribution < 1.29 is 14.3 Å². The molecule has 0 unspecified atom stereocenters. The van der Waals surface area contributed by atoms with Crippen LogP contribution >= 0.6 is 0 Å². The van der Waals surface area contributed by atoms with Crippen LogP contribution in [0.2, 0.25) is 0 Å². The Balaban J connectivity index is 1.97. The fourth-order valence-corrected chi connectivity index (χ4v) is 2.75. The predicted molar refractivity (Wildman–Crippen MR) is 113 cm³/mol. The Morgan fingerprint density at radius 3 is 2.53 bits per heavy atom. The SMILES string of the molecule is CCOC(=O)c1cccc(Nc2cc(Nc3ccccn3)nnc2C(=O)NC)c1C. The lowest BCUT2D eigenvalue weighted by Crippen LogP contribution is -2.21. The molecule has 3 rings (SSSR count).